The summed E-state index contributed by atoms with van der Waals surface area (Å²) in [6.45, 7) is 0. The molecule has 0 saturated heterocycles. The highest BCUT2D eigenvalue weighted by molar-refractivity contribution is 9.10. The van der Waals surface area contributed by atoms with Crippen molar-refractivity contribution in [2.24, 2.45) is 0 Å². The van der Waals surface area contributed by atoms with Gasteiger partial charge in [-0.3, -0.25) is 0 Å². The third-order valence-corrected chi connectivity index (χ3v) is 3.00. The molecule has 13 heavy (non-hydrogen) atoms. The molecule has 0 atom stereocenters. The van der Waals surface area contributed by atoms with Crippen molar-refractivity contribution in [3.8, 4) is 0 Å². The van der Waals surface area contributed by atoms with Crippen molar-refractivity contribution in [3.63, 3.8) is 0 Å². The summed E-state index contributed by atoms with van der Waals surface area (Å²) < 4.78 is 36.9. The molecule has 2 N–H and O–H groups in total. The smallest absolute Gasteiger partial charge is 0.397 e. The molecule has 6 heteroatoms. The lowest BCUT2D eigenvalue weighted by Crippen LogP contribution is -2.09. The Kier molecular flexibility index (Phi) is 2.82. The SMILES string of the molecule is Nc1c(C(F)(F)F)ccc(S)c1Br. The molecule has 0 unspecified atom stereocenters. The minimum absolute atomic E-state index is 0.172. The van der Waals surface area contributed by atoms with Crippen LogP contribution in [0.25, 0.3) is 0 Å². The molecule has 0 heterocycles. The Bertz CT molecular complexity index is 337. The molecule has 0 aliphatic heterocycles. The zero-order chi connectivity index (χ0) is 10.2. The van der Waals surface area contributed by atoms with Crippen LogP contribution in [0.1, 0.15) is 5.56 Å². The van der Waals surface area contributed by atoms with Crippen LogP contribution in [0.5, 0.6) is 0 Å². The first-order chi connectivity index (χ1) is 5.84. The minimum Gasteiger partial charge on any atom is -0.397 e. The van der Waals surface area contributed by atoms with Crippen LogP contribution in [-0.4, -0.2) is 0 Å². The number of thiol groups is 1. The van der Waals surface area contributed by atoms with E-state index in [2.05, 4.69) is 28.6 Å². The Morgan fingerprint density at radius 2 is 1.85 bits per heavy atom. The molecule has 0 aromatic heterocycles. The Morgan fingerprint density at radius 1 is 1.31 bits per heavy atom. The quantitative estimate of drug-likeness (QED) is 0.549. The maximum absolute atomic E-state index is 12.2. The third kappa shape index (κ3) is 2.11. The Labute approximate surface area is 86.7 Å². The highest BCUT2D eigenvalue weighted by Crippen LogP contribution is 2.39. The van der Waals surface area contributed by atoms with Crippen LogP contribution in [0.3, 0.4) is 0 Å². The van der Waals surface area contributed by atoms with Crippen LogP contribution in [0.2, 0.25) is 0 Å². The van der Waals surface area contributed by atoms with Crippen molar-refractivity contribution in [1.82, 2.24) is 0 Å². The summed E-state index contributed by atoms with van der Waals surface area (Å²) in [4.78, 5) is 0.380. The molecule has 0 bridgehead atoms. The van der Waals surface area contributed by atoms with E-state index in [0.29, 0.717) is 4.90 Å². The number of nitrogen functional groups attached to an aromatic ring is 1. The van der Waals surface area contributed by atoms with Gasteiger partial charge >= 0.3 is 6.18 Å². The van der Waals surface area contributed by atoms with Crippen molar-refractivity contribution >= 4 is 34.2 Å². The Morgan fingerprint density at radius 3 is 2.31 bits per heavy atom. The molecule has 1 aromatic rings. The van der Waals surface area contributed by atoms with E-state index >= 15 is 0 Å². The van der Waals surface area contributed by atoms with Crippen molar-refractivity contribution in [2.45, 2.75) is 11.1 Å². The number of nitrogens with two attached hydrogens (primary N) is 1. The summed E-state index contributed by atoms with van der Waals surface area (Å²) in [7, 11) is 0. The largest absolute Gasteiger partial charge is 0.418 e. The predicted octanol–water partition coefficient (Wildman–Crippen LogP) is 3.34. The van der Waals surface area contributed by atoms with E-state index in [9.17, 15) is 13.2 Å². The molecular formula is C7H5BrF3NS. The lowest BCUT2D eigenvalue weighted by Gasteiger charge is -2.11. The van der Waals surface area contributed by atoms with Crippen molar-refractivity contribution in [2.75, 3.05) is 5.73 Å². The number of alkyl halides is 3. The second kappa shape index (κ2) is 3.42. The number of halogens is 4. The summed E-state index contributed by atoms with van der Waals surface area (Å²) >= 11 is 6.84. The lowest BCUT2D eigenvalue weighted by atomic mass is 10.2. The fourth-order valence-electron chi connectivity index (χ4n) is 0.829. The molecule has 1 rings (SSSR count). The number of rotatable bonds is 0. The Balaban J connectivity index is 3.35. The van der Waals surface area contributed by atoms with Gasteiger partial charge in [0, 0.05) is 4.90 Å². The first kappa shape index (κ1) is 10.7. The van der Waals surface area contributed by atoms with Crippen LogP contribution >= 0.6 is 28.6 Å². The van der Waals surface area contributed by atoms with Gasteiger partial charge in [-0.25, -0.2) is 0 Å². The molecule has 0 radical (unpaired) electrons. The molecule has 1 aromatic carbocycles. The van der Waals surface area contributed by atoms with Gasteiger partial charge in [0.15, 0.2) is 0 Å². The van der Waals surface area contributed by atoms with Crippen LogP contribution in [0.4, 0.5) is 18.9 Å². The molecule has 0 fully saturated rings. The predicted molar refractivity (Wildman–Crippen MR) is 50.8 cm³/mol. The van der Waals surface area contributed by atoms with E-state index in [1.54, 1.807) is 0 Å². The van der Waals surface area contributed by atoms with Gasteiger partial charge < -0.3 is 5.73 Å². The average Bonchev–Trinajstić information content (AvgIpc) is 1.98. The first-order valence-corrected chi connectivity index (χ1v) is 4.42. The molecule has 0 spiro atoms. The summed E-state index contributed by atoms with van der Waals surface area (Å²) in [5, 5.41) is 0. The van der Waals surface area contributed by atoms with E-state index in [-0.39, 0.29) is 10.2 Å². The van der Waals surface area contributed by atoms with Crippen molar-refractivity contribution in [1.29, 1.82) is 0 Å². The summed E-state index contributed by atoms with van der Waals surface area (Å²) in [5.41, 5.74) is 4.07. The molecule has 1 nitrogen and oxygen atoms in total. The summed E-state index contributed by atoms with van der Waals surface area (Å²) in [6.07, 6.45) is -4.42. The first-order valence-electron chi connectivity index (χ1n) is 3.18. The van der Waals surface area contributed by atoms with E-state index in [0.717, 1.165) is 6.07 Å². The van der Waals surface area contributed by atoms with E-state index < -0.39 is 11.7 Å². The van der Waals surface area contributed by atoms with Gasteiger partial charge in [0.05, 0.1) is 15.7 Å². The van der Waals surface area contributed by atoms with E-state index in [4.69, 9.17) is 5.73 Å². The fraction of sp³-hybridized carbons (Fsp3) is 0.143. The van der Waals surface area contributed by atoms with Gasteiger partial charge in [-0.2, -0.15) is 13.2 Å². The third-order valence-electron chi connectivity index (χ3n) is 1.46. The molecule has 0 saturated carbocycles. The van der Waals surface area contributed by atoms with Crippen LogP contribution in [0.15, 0.2) is 21.5 Å². The van der Waals surface area contributed by atoms with Crippen LogP contribution in [0, 0.1) is 0 Å². The zero-order valence-electron chi connectivity index (χ0n) is 6.19. The maximum atomic E-state index is 12.2. The van der Waals surface area contributed by atoms with Gasteiger partial charge in [-0.15, -0.1) is 12.6 Å². The number of hydrogen-bond donors (Lipinski definition) is 2. The monoisotopic (exact) mass is 271 g/mol. The van der Waals surface area contributed by atoms with Gasteiger partial charge in [-0.1, -0.05) is 0 Å². The topological polar surface area (TPSA) is 26.0 Å². The molecule has 72 valence electrons. The maximum Gasteiger partial charge on any atom is 0.418 e. The van der Waals surface area contributed by atoms with Gasteiger partial charge in [0.25, 0.3) is 0 Å². The lowest BCUT2D eigenvalue weighted by molar-refractivity contribution is -0.137. The summed E-state index contributed by atoms with van der Waals surface area (Å²) in [6, 6.07) is 2.15. The fourth-order valence-corrected chi connectivity index (χ4v) is 1.37. The minimum atomic E-state index is -4.42. The highest BCUT2D eigenvalue weighted by atomic mass is 79.9. The number of hydrogen-bond acceptors (Lipinski definition) is 2. The van der Waals surface area contributed by atoms with Crippen LogP contribution < -0.4 is 5.73 Å². The number of anilines is 1. The second-order valence-corrected chi connectivity index (χ2v) is 3.63. The molecule has 0 aliphatic rings. The van der Waals surface area contributed by atoms with Gasteiger partial charge in [0.2, 0.25) is 0 Å². The average molecular weight is 272 g/mol. The summed E-state index contributed by atoms with van der Waals surface area (Å²) in [5.74, 6) is 0. The normalized spacial score (nSPS) is 11.8. The molecular weight excluding hydrogens is 267 g/mol. The van der Waals surface area contributed by atoms with E-state index in [1.807, 2.05) is 0 Å². The highest BCUT2D eigenvalue weighted by Gasteiger charge is 2.33. The molecule has 0 amide bonds. The van der Waals surface area contributed by atoms with Crippen molar-refractivity contribution in [3.05, 3.63) is 22.2 Å². The van der Waals surface area contributed by atoms with Crippen molar-refractivity contribution < 1.29 is 13.2 Å². The molecule has 0 aliphatic carbocycles. The zero-order valence-corrected chi connectivity index (χ0v) is 8.67. The Hall–Kier alpha value is -0.360. The second-order valence-electron chi connectivity index (χ2n) is 2.36. The van der Waals surface area contributed by atoms with Gasteiger partial charge in [-0.05, 0) is 28.1 Å². The number of benzene rings is 1. The standard InChI is InChI=1S/C7H5BrF3NS/c8-5-4(13)2-1-3(6(5)12)7(9,10)11/h1-2,13H,12H2. The van der Waals surface area contributed by atoms with Gasteiger partial charge in [0.1, 0.15) is 0 Å². The van der Waals surface area contributed by atoms with E-state index in [1.165, 1.54) is 6.07 Å². The van der Waals surface area contributed by atoms with Crippen LogP contribution in [-0.2, 0) is 6.18 Å².